The first kappa shape index (κ1) is 18.5. The summed E-state index contributed by atoms with van der Waals surface area (Å²) in [5, 5.41) is 2.67. The first-order valence-corrected chi connectivity index (χ1v) is 10.4. The fraction of sp³-hybridized carbons (Fsp3) is 0.522. The van der Waals surface area contributed by atoms with E-state index in [1.165, 1.54) is 16.3 Å². The Morgan fingerprint density at radius 2 is 1.56 bits per heavy atom. The number of carbonyl (C=O) groups is 1. The summed E-state index contributed by atoms with van der Waals surface area (Å²) >= 11 is 0. The highest BCUT2D eigenvalue weighted by Crippen LogP contribution is 2.21. The van der Waals surface area contributed by atoms with Gasteiger partial charge < -0.3 is 4.90 Å². The lowest BCUT2D eigenvalue weighted by Crippen LogP contribution is -2.50. The van der Waals surface area contributed by atoms with Crippen molar-refractivity contribution in [2.45, 2.75) is 26.3 Å². The molecule has 0 unspecified atom stereocenters. The number of amides is 1. The minimum absolute atomic E-state index is 0.324. The Morgan fingerprint density at radius 3 is 2.33 bits per heavy atom. The van der Waals surface area contributed by atoms with Gasteiger partial charge in [-0.2, -0.15) is 0 Å². The summed E-state index contributed by atoms with van der Waals surface area (Å²) in [5.74, 6) is 1.09. The predicted molar refractivity (Wildman–Crippen MR) is 111 cm³/mol. The third-order valence-corrected chi connectivity index (χ3v) is 6.23. The van der Waals surface area contributed by atoms with Gasteiger partial charge in [0.05, 0.1) is 6.54 Å². The molecule has 2 aromatic rings. The Morgan fingerprint density at radius 1 is 0.889 bits per heavy atom. The first-order valence-electron chi connectivity index (χ1n) is 10.4. The minimum atomic E-state index is 0.324. The van der Waals surface area contributed by atoms with E-state index in [0.717, 1.165) is 64.6 Å². The average molecular weight is 366 g/mol. The molecule has 0 atom stereocenters. The molecule has 27 heavy (non-hydrogen) atoms. The fourth-order valence-corrected chi connectivity index (χ4v) is 4.33. The molecular weight excluding hydrogens is 334 g/mol. The lowest BCUT2D eigenvalue weighted by atomic mass is 9.99. The smallest absolute Gasteiger partial charge is 0.236 e. The molecule has 1 amide bonds. The SMILES string of the molecule is CC1CCN(C(=O)CN2CCN(Cc3cccc4ccccc34)CC2)CC1. The molecule has 0 aromatic heterocycles. The zero-order chi connectivity index (χ0) is 18.6. The van der Waals surface area contributed by atoms with Crippen molar-refractivity contribution < 1.29 is 4.79 Å². The van der Waals surface area contributed by atoms with Crippen LogP contribution in [0.4, 0.5) is 0 Å². The average Bonchev–Trinajstić information content (AvgIpc) is 2.70. The van der Waals surface area contributed by atoms with Crippen molar-refractivity contribution in [3.8, 4) is 0 Å². The number of benzene rings is 2. The maximum Gasteiger partial charge on any atom is 0.236 e. The normalized spacial score (nSPS) is 20.3. The van der Waals surface area contributed by atoms with E-state index in [-0.39, 0.29) is 0 Å². The number of rotatable bonds is 4. The number of carbonyl (C=O) groups excluding carboxylic acids is 1. The molecule has 4 nitrogen and oxygen atoms in total. The van der Waals surface area contributed by atoms with Gasteiger partial charge in [0.2, 0.25) is 5.91 Å². The molecule has 2 saturated heterocycles. The molecule has 4 rings (SSSR count). The number of likely N-dealkylation sites (tertiary alicyclic amines) is 1. The quantitative estimate of drug-likeness (QED) is 0.832. The summed E-state index contributed by atoms with van der Waals surface area (Å²) in [5.41, 5.74) is 1.40. The van der Waals surface area contributed by atoms with Crippen molar-refractivity contribution in [1.82, 2.24) is 14.7 Å². The summed E-state index contributed by atoms with van der Waals surface area (Å²) in [6.45, 7) is 9.81. The van der Waals surface area contributed by atoms with Crippen LogP contribution >= 0.6 is 0 Å². The molecular formula is C23H31N3O. The molecule has 2 aliphatic rings. The van der Waals surface area contributed by atoms with Gasteiger partial charge >= 0.3 is 0 Å². The van der Waals surface area contributed by atoms with Gasteiger partial charge in [-0.3, -0.25) is 14.6 Å². The van der Waals surface area contributed by atoms with Crippen LogP contribution < -0.4 is 0 Å². The van der Waals surface area contributed by atoms with Crippen molar-refractivity contribution in [3.63, 3.8) is 0 Å². The Hall–Kier alpha value is -1.91. The van der Waals surface area contributed by atoms with Gasteiger partial charge in [-0.1, -0.05) is 49.4 Å². The van der Waals surface area contributed by atoms with Gasteiger partial charge in [0.1, 0.15) is 0 Å². The summed E-state index contributed by atoms with van der Waals surface area (Å²) in [7, 11) is 0. The molecule has 0 saturated carbocycles. The third kappa shape index (κ3) is 4.50. The van der Waals surface area contributed by atoms with E-state index in [1.807, 2.05) is 0 Å². The van der Waals surface area contributed by atoms with Crippen LogP contribution in [-0.2, 0) is 11.3 Å². The standard InChI is InChI=1S/C23H31N3O/c1-19-9-11-26(12-10-19)23(27)18-25-15-13-24(14-16-25)17-21-7-4-6-20-5-2-3-8-22(20)21/h2-8,19H,9-18H2,1H3. The van der Waals surface area contributed by atoms with Crippen LogP contribution in [0.3, 0.4) is 0 Å². The van der Waals surface area contributed by atoms with E-state index in [2.05, 4.69) is 64.1 Å². The maximum absolute atomic E-state index is 12.6. The van der Waals surface area contributed by atoms with Crippen LogP contribution in [0.1, 0.15) is 25.3 Å². The van der Waals surface area contributed by atoms with Crippen LogP contribution in [0, 0.1) is 5.92 Å². The number of piperazine rings is 1. The van der Waals surface area contributed by atoms with E-state index >= 15 is 0 Å². The lowest BCUT2D eigenvalue weighted by Gasteiger charge is -2.36. The van der Waals surface area contributed by atoms with Crippen molar-refractivity contribution in [1.29, 1.82) is 0 Å². The van der Waals surface area contributed by atoms with Crippen LogP contribution in [0.25, 0.3) is 10.8 Å². The van der Waals surface area contributed by atoms with Gasteiger partial charge in [0.25, 0.3) is 0 Å². The molecule has 4 heteroatoms. The maximum atomic E-state index is 12.6. The largest absolute Gasteiger partial charge is 0.342 e. The molecule has 2 fully saturated rings. The molecule has 2 aliphatic heterocycles. The predicted octanol–water partition coefficient (Wildman–Crippen LogP) is 3.22. The van der Waals surface area contributed by atoms with Gasteiger partial charge in [0, 0.05) is 45.8 Å². The molecule has 144 valence electrons. The third-order valence-electron chi connectivity index (χ3n) is 6.23. The lowest BCUT2D eigenvalue weighted by molar-refractivity contribution is -0.134. The van der Waals surface area contributed by atoms with Crippen molar-refractivity contribution >= 4 is 16.7 Å². The Balaban J connectivity index is 1.28. The molecule has 2 aromatic carbocycles. The summed E-state index contributed by atoms with van der Waals surface area (Å²) in [6.07, 6.45) is 2.31. The van der Waals surface area contributed by atoms with Gasteiger partial charge in [-0.25, -0.2) is 0 Å². The highest BCUT2D eigenvalue weighted by Gasteiger charge is 2.24. The number of piperidine rings is 1. The van der Waals surface area contributed by atoms with Gasteiger partial charge in [-0.05, 0) is 35.1 Å². The Bertz CT molecular complexity index is 769. The van der Waals surface area contributed by atoms with E-state index in [9.17, 15) is 4.79 Å². The zero-order valence-corrected chi connectivity index (χ0v) is 16.4. The van der Waals surface area contributed by atoms with E-state index in [4.69, 9.17) is 0 Å². The number of nitrogens with zero attached hydrogens (tertiary/aromatic N) is 3. The van der Waals surface area contributed by atoms with Gasteiger partial charge in [0.15, 0.2) is 0 Å². The molecule has 0 radical (unpaired) electrons. The monoisotopic (exact) mass is 365 g/mol. The Kier molecular flexibility index (Phi) is 5.74. The molecule has 0 N–H and O–H groups in total. The fourth-order valence-electron chi connectivity index (χ4n) is 4.33. The highest BCUT2D eigenvalue weighted by atomic mass is 16.2. The van der Waals surface area contributed by atoms with Crippen LogP contribution in [0.2, 0.25) is 0 Å². The van der Waals surface area contributed by atoms with Crippen LogP contribution in [-0.4, -0.2) is 66.4 Å². The molecule has 0 aliphatic carbocycles. The van der Waals surface area contributed by atoms with Crippen LogP contribution in [0.15, 0.2) is 42.5 Å². The van der Waals surface area contributed by atoms with E-state index in [1.54, 1.807) is 0 Å². The first-order chi connectivity index (χ1) is 13.2. The molecule has 2 heterocycles. The molecule has 0 bridgehead atoms. The van der Waals surface area contributed by atoms with E-state index in [0.29, 0.717) is 12.5 Å². The number of hydrogen-bond acceptors (Lipinski definition) is 3. The van der Waals surface area contributed by atoms with Crippen LogP contribution in [0.5, 0.6) is 0 Å². The Labute approximate surface area is 162 Å². The minimum Gasteiger partial charge on any atom is -0.342 e. The summed E-state index contributed by atoms with van der Waals surface area (Å²) < 4.78 is 0. The van der Waals surface area contributed by atoms with Crippen molar-refractivity contribution in [3.05, 3.63) is 48.0 Å². The van der Waals surface area contributed by atoms with Gasteiger partial charge in [-0.15, -0.1) is 0 Å². The van der Waals surface area contributed by atoms with E-state index < -0.39 is 0 Å². The van der Waals surface area contributed by atoms with Crippen molar-refractivity contribution in [2.75, 3.05) is 45.8 Å². The van der Waals surface area contributed by atoms with Crippen molar-refractivity contribution in [2.24, 2.45) is 5.92 Å². The molecule has 0 spiro atoms. The second-order valence-corrected chi connectivity index (χ2v) is 8.25. The second-order valence-electron chi connectivity index (χ2n) is 8.25. The number of fused-ring (bicyclic) bond motifs is 1. The summed E-state index contributed by atoms with van der Waals surface area (Å²) in [6, 6.07) is 15.2. The number of hydrogen-bond donors (Lipinski definition) is 0. The highest BCUT2D eigenvalue weighted by molar-refractivity contribution is 5.85. The summed E-state index contributed by atoms with van der Waals surface area (Å²) in [4.78, 5) is 19.5. The second kappa shape index (κ2) is 8.41. The zero-order valence-electron chi connectivity index (χ0n) is 16.4. The topological polar surface area (TPSA) is 26.8 Å².